The second kappa shape index (κ2) is 21.5. The van der Waals surface area contributed by atoms with Crippen molar-refractivity contribution in [2.24, 2.45) is 0 Å². The zero-order valence-corrected chi connectivity index (χ0v) is 18.6. The molecule has 0 amide bonds. The first-order valence-electron chi connectivity index (χ1n) is 11.8. The number of rotatable bonds is 18. The highest BCUT2D eigenvalue weighted by atomic mass is 35.5. The lowest BCUT2D eigenvalue weighted by molar-refractivity contribution is -0.905. The number of piperidine rings is 1. The molecule has 1 rings (SSSR count). The van der Waals surface area contributed by atoms with Gasteiger partial charge < -0.3 is 22.0 Å². The Labute approximate surface area is 171 Å². The average Bonchev–Trinajstić information content (AvgIpc) is 2.65. The second-order valence-corrected chi connectivity index (χ2v) is 8.27. The van der Waals surface area contributed by atoms with Crippen LogP contribution in [-0.4, -0.2) is 32.8 Å². The molecule has 3 heteroatoms. The van der Waals surface area contributed by atoms with Crippen LogP contribution in [0.25, 0.3) is 0 Å². The van der Waals surface area contributed by atoms with Crippen LogP contribution in [0.1, 0.15) is 116 Å². The third-order valence-corrected chi connectivity index (χ3v) is 5.80. The van der Waals surface area contributed by atoms with Crippen molar-refractivity contribution in [1.29, 1.82) is 0 Å². The summed E-state index contributed by atoms with van der Waals surface area (Å²) in [7, 11) is 0. The Hall–Kier alpha value is 0.210. The van der Waals surface area contributed by atoms with Crippen LogP contribution in [0.2, 0.25) is 0 Å². The summed E-state index contributed by atoms with van der Waals surface area (Å²) in [4.78, 5) is 1.77. The largest absolute Gasteiger partial charge is 1.00 e. The minimum absolute atomic E-state index is 0. The van der Waals surface area contributed by atoms with Crippen LogP contribution in [0, 0.1) is 0 Å². The highest BCUT2D eigenvalue weighted by Crippen LogP contribution is 2.12. The van der Waals surface area contributed by atoms with E-state index < -0.39 is 0 Å². The molecule has 1 fully saturated rings. The summed E-state index contributed by atoms with van der Waals surface area (Å²) in [5.41, 5.74) is 0. The number of likely N-dealkylation sites (tertiary alicyclic amines) is 1. The number of unbranched alkanes of at least 4 members (excludes halogenated alkanes) is 13. The van der Waals surface area contributed by atoms with Crippen LogP contribution in [-0.2, 0) is 4.74 Å². The Bertz CT molecular complexity index is 257. The molecule has 0 aliphatic carbocycles. The van der Waals surface area contributed by atoms with Crippen LogP contribution in [0.15, 0.2) is 0 Å². The van der Waals surface area contributed by atoms with Gasteiger partial charge in [-0.05, 0) is 25.7 Å². The van der Waals surface area contributed by atoms with E-state index in [2.05, 4.69) is 6.92 Å². The first-order valence-corrected chi connectivity index (χ1v) is 11.8. The van der Waals surface area contributed by atoms with Gasteiger partial charge in [0, 0.05) is 6.61 Å². The molecule has 0 aromatic carbocycles. The molecule has 0 radical (unpaired) electrons. The lowest BCUT2D eigenvalue weighted by Crippen LogP contribution is -3.13. The van der Waals surface area contributed by atoms with Crippen molar-refractivity contribution in [2.75, 3.05) is 32.8 Å². The topological polar surface area (TPSA) is 13.7 Å². The molecule has 1 aliphatic rings. The summed E-state index contributed by atoms with van der Waals surface area (Å²) in [6.45, 7) is 8.26. The van der Waals surface area contributed by atoms with E-state index in [4.69, 9.17) is 4.74 Å². The molecular weight excluding hydrogens is 342 g/mol. The molecule has 1 aliphatic heterocycles. The molecule has 2 nitrogen and oxygen atoms in total. The van der Waals surface area contributed by atoms with E-state index in [0.717, 1.165) is 13.2 Å². The highest BCUT2D eigenvalue weighted by Gasteiger charge is 2.12. The standard InChI is InChI=1S/C23H47NO.ClH/c1-2-3-4-5-6-7-8-9-10-11-12-13-14-18-22-25-23-21-24-19-16-15-17-20-24;/h2-23H2,1H3;1H. The maximum absolute atomic E-state index is 5.82. The van der Waals surface area contributed by atoms with E-state index in [-0.39, 0.29) is 12.4 Å². The number of ether oxygens (including phenoxy) is 1. The number of nitrogens with one attached hydrogen (secondary N) is 1. The number of quaternary nitrogens is 1. The fourth-order valence-corrected chi connectivity index (χ4v) is 4.02. The smallest absolute Gasteiger partial charge is 0.101 e. The van der Waals surface area contributed by atoms with Gasteiger partial charge in [0.1, 0.15) is 6.54 Å². The highest BCUT2D eigenvalue weighted by molar-refractivity contribution is 4.49. The van der Waals surface area contributed by atoms with Gasteiger partial charge in [-0.15, -0.1) is 0 Å². The van der Waals surface area contributed by atoms with Gasteiger partial charge in [0.15, 0.2) is 0 Å². The summed E-state index contributed by atoms with van der Waals surface area (Å²) < 4.78 is 5.82. The van der Waals surface area contributed by atoms with Crippen molar-refractivity contribution in [3.63, 3.8) is 0 Å². The van der Waals surface area contributed by atoms with Gasteiger partial charge in [-0.2, -0.15) is 0 Å². The predicted molar refractivity (Wildman–Crippen MR) is 111 cm³/mol. The molecule has 0 atom stereocenters. The third kappa shape index (κ3) is 17.6. The van der Waals surface area contributed by atoms with Gasteiger partial charge in [0.25, 0.3) is 0 Å². The van der Waals surface area contributed by atoms with Crippen molar-refractivity contribution < 1.29 is 22.0 Å². The number of halogens is 1. The Morgan fingerprint density at radius 2 is 1.04 bits per heavy atom. The van der Waals surface area contributed by atoms with Crippen molar-refractivity contribution >= 4 is 0 Å². The van der Waals surface area contributed by atoms with Crippen LogP contribution in [0.3, 0.4) is 0 Å². The van der Waals surface area contributed by atoms with Crippen molar-refractivity contribution in [2.45, 2.75) is 116 Å². The van der Waals surface area contributed by atoms with E-state index in [1.165, 1.54) is 129 Å². The van der Waals surface area contributed by atoms with Crippen molar-refractivity contribution in [1.82, 2.24) is 0 Å². The molecule has 0 aromatic heterocycles. The van der Waals surface area contributed by atoms with Gasteiger partial charge in [-0.1, -0.05) is 90.4 Å². The van der Waals surface area contributed by atoms with Gasteiger partial charge in [-0.3, -0.25) is 0 Å². The zero-order valence-electron chi connectivity index (χ0n) is 17.8. The molecule has 0 saturated carbocycles. The SMILES string of the molecule is CCCCCCCCCCCCCCCCOCC[NH+]1CCCCC1.[Cl-]. The Morgan fingerprint density at radius 3 is 1.54 bits per heavy atom. The fraction of sp³-hybridized carbons (Fsp3) is 1.00. The average molecular weight is 390 g/mol. The van der Waals surface area contributed by atoms with Crippen LogP contribution < -0.4 is 17.3 Å². The number of hydrogen-bond acceptors (Lipinski definition) is 1. The molecule has 0 aromatic rings. The molecule has 1 heterocycles. The summed E-state index contributed by atoms with van der Waals surface area (Å²) in [5.74, 6) is 0. The van der Waals surface area contributed by atoms with Crippen molar-refractivity contribution in [3.8, 4) is 0 Å². The lowest BCUT2D eigenvalue weighted by atomic mass is 10.0. The molecule has 0 spiro atoms. The minimum atomic E-state index is 0. The molecule has 26 heavy (non-hydrogen) atoms. The second-order valence-electron chi connectivity index (χ2n) is 8.27. The zero-order chi connectivity index (χ0) is 17.8. The van der Waals surface area contributed by atoms with E-state index in [9.17, 15) is 0 Å². The molecule has 1 N–H and O–H groups in total. The summed E-state index contributed by atoms with van der Waals surface area (Å²) >= 11 is 0. The third-order valence-electron chi connectivity index (χ3n) is 5.80. The normalized spacial score (nSPS) is 15.1. The Kier molecular flexibility index (Phi) is 21.7. The Balaban J connectivity index is 0.00000625. The first-order chi connectivity index (χ1) is 12.4. The predicted octanol–water partition coefficient (Wildman–Crippen LogP) is 2.56. The minimum Gasteiger partial charge on any atom is -1.00 e. The monoisotopic (exact) mass is 389 g/mol. The summed E-state index contributed by atoms with van der Waals surface area (Å²) in [5, 5.41) is 0. The fourth-order valence-electron chi connectivity index (χ4n) is 4.02. The molecule has 0 bridgehead atoms. The van der Waals surface area contributed by atoms with Gasteiger partial charge >= 0.3 is 0 Å². The quantitative estimate of drug-likeness (QED) is 0.356. The van der Waals surface area contributed by atoms with E-state index in [1.54, 1.807) is 4.90 Å². The lowest BCUT2D eigenvalue weighted by Gasteiger charge is -2.23. The maximum atomic E-state index is 5.82. The number of hydrogen-bond donors (Lipinski definition) is 1. The summed E-state index contributed by atoms with van der Waals surface area (Å²) in [6.07, 6.45) is 24.3. The maximum Gasteiger partial charge on any atom is 0.101 e. The van der Waals surface area contributed by atoms with E-state index in [0.29, 0.717) is 0 Å². The molecule has 0 unspecified atom stereocenters. The molecular formula is C23H48ClNO. The van der Waals surface area contributed by atoms with E-state index >= 15 is 0 Å². The van der Waals surface area contributed by atoms with Gasteiger partial charge in [-0.25, -0.2) is 0 Å². The van der Waals surface area contributed by atoms with Crippen LogP contribution in [0.5, 0.6) is 0 Å². The summed E-state index contributed by atoms with van der Waals surface area (Å²) in [6, 6.07) is 0. The van der Waals surface area contributed by atoms with Gasteiger partial charge in [0.2, 0.25) is 0 Å². The van der Waals surface area contributed by atoms with Crippen LogP contribution >= 0.6 is 0 Å². The first kappa shape index (κ1) is 26.2. The molecule has 1 saturated heterocycles. The van der Waals surface area contributed by atoms with Crippen molar-refractivity contribution in [3.05, 3.63) is 0 Å². The molecule has 158 valence electrons. The van der Waals surface area contributed by atoms with E-state index in [1.807, 2.05) is 0 Å². The van der Waals surface area contributed by atoms with Crippen LogP contribution in [0.4, 0.5) is 0 Å². The Morgan fingerprint density at radius 1 is 0.577 bits per heavy atom. The van der Waals surface area contributed by atoms with Gasteiger partial charge in [0.05, 0.1) is 19.7 Å².